The molecule has 4 rings (SSSR count). The molecule has 0 saturated heterocycles. The number of hydrogen-bond acceptors (Lipinski definition) is 6. The fourth-order valence-corrected chi connectivity index (χ4v) is 4.38. The standard InChI is InChI=1S/C18H16N4S2/c1-11-15(24-10-20-11)8-19-17-16-14(13-6-4-3-5-7-13)9-23-18(16)22-12(2)21-17/h3-7,9-10H,8H2,1-2H3,(H,19,21,22). The number of hydrogen-bond donors (Lipinski definition) is 1. The lowest BCUT2D eigenvalue weighted by molar-refractivity contribution is 1.05. The molecule has 0 aliphatic carbocycles. The first kappa shape index (κ1) is 15.2. The minimum absolute atomic E-state index is 0.728. The molecule has 0 radical (unpaired) electrons. The number of nitrogens with one attached hydrogen (secondary N) is 1. The molecular formula is C18H16N4S2. The summed E-state index contributed by atoms with van der Waals surface area (Å²) in [7, 11) is 0. The van der Waals surface area contributed by atoms with E-state index in [4.69, 9.17) is 0 Å². The highest BCUT2D eigenvalue weighted by Gasteiger charge is 2.14. The van der Waals surface area contributed by atoms with Crippen LogP contribution in [0.25, 0.3) is 21.3 Å². The zero-order valence-corrected chi connectivity index (χ0v) is 15.0. The number of benzene rings is 1. The lowest BCUT2D eigenvalue weighted by atomic mass is 10.1. The Morgan fingerprint density at radius 1 is 1.04 bits per heavy atom. The third kappa shape index (κ3) is 2.79. The highest BCUT2D eigenvalue weighted by Crippen LogP contribution is 2.37. The van der Waals surface area contributed by atoms with Crippen LogP contribution >= 0.6 is 22.7 Å². The first-order valence-electron chi connectivity index (χ1n) is 7.66. The predicted octanol–water partition coefficient (Wildman–Crippen LogP) is 5.04. The molecule has 3 heterocycles. The number of rotatable bonds is 4. The van der Waals surface area contributed by atoms with Crippen molar-refractivity contribution in [3.05, 3.63) is 57.6 Å². The molecule has 0 saturated carbocycles. The average molecular weight is 352 g/mol. The summed E-state index contributed by atoms with van der Waals surface area (Å²) >= 11 is 3.33. The van der Waals surface area contributed by atoms with Gasteiger partial charge in [0.25, 0.3) is 0 Å². The van der Waals surface area contributed by atoms with Crippen molar-refractivity contribution in [2.75, 3.05) is 5.32 Å². The van der Waals surface area contributed by atoms with Gasteiger partial charge in [0, 0.05) is 15.8 Å². The molecule has 0 spiro atoms. The molecule has 4 aromatic rings. The molecule has 0 atom stereocenters. The van der Waals surface area contributed by atoms with Gasteiger partial charge in [-0.15, -0.1) is 22.7 Å². The minimum Gasteiger partial charge on any atom is -0.364 e. The van der Waals surface area contributed by atoms with Gasteiger partial charge in [0.1, 0.15) is 16.5 Å². The molecule has 0 amide bonds. The van der Waals surface area contributed by atoms with Crippen LogP contribution in [0.5, 0.6) is 0 Å². The Kier molecular flexibility index (Phi) is 4.00. The molecule has 0 aliphatic rings. The SMILES string of the molecule is Cc1nc(NCc2scnc2C)c2c(-c3ccccc3)csc2n1. The molecule has 6 heteroatoms. The van der Waals surface area contributed by atoms with Gasteiger partial charge in [0.05, 0.1) is 23.1 Å². The van der Waals surface area contributed by atoms with Gasteiger partial charge in [-0.05, 0) is 19.4 Å². The quantitative estimate of drug-likeness (QED) is 0.559. The van der Waals surface area contributed by atoms with E-state index in [1.54, 1.807) is 22.7 Å². The van der Waals surface area contributed by atoms with Gasteiger partial charge >= 0.3 is 0 Å². The van der Waals surface area contributed by atoms with E-state index in [9.17, 15) is 0 Å². The van der Waals surface area contributed by atoms with E-state index >= 15 is 0 Å². The van der Waals surface area contributed by atoms with Gasteiger partial charge in [-0.25, -0.2) is 15.0 Å². The van der Waals surface area contributed by atoms with Crippen molar-refractivity contribution in [3.63, 3.8) is 0 Å². The first-order chi connectivity index (χ1) is 11.7. The van der Waals surface area contributed by atoms with Crippen LogP contribution in [0.3, 0.4) is 0 Å². The molecule has 4 nitrogen and oxygen atoms in total. The average Bonchev–Trinajstić information content (AvgIpc) is 3.19. The second-order valence-electron chi connectivity index (χ2n) is 5.53. The zero-order chi connectivity index (χ0) is 16.5. The Morgan fingerprint density at radius 2 is 1.88 bits per heavy atom. The van der Waals surface area contributed by atoms with E-state index in [0.29, 0.717) is 0 Å². The normalized spacial score (nSPS) is 11.1. The van der Waals surface area contributed by atoms with Crippen LogP contribution in [0, 0.1) is 13.8 Å². The molecule has 0 bridgehead atoms. The maximum absolute atomic E-state index is 4.66. The van der Waals surface area contributed by atoms with Crippen molar-refractivity contribution in [1.29, 1.82) is 0 Å². The fraction of sp³-hybridized carbons (Fsp3) is 0.167. The summed E-state index contributed by atoms with van der Waals surface area (Å²) in [6.45, 7) is 4.70. The van der Waals surface area contributed by atoms with Gasteiger partial charge in [0.15, 0.2) is 0 Å². The van der Waals surface area contributed by atoms with Gasteiger partial charge in [0.2, 0.25) is 0 Å². The first-order valence-corrected chi connectivity index (χ1v) is 9.42. The van der Waals surface area contributed by atoms with Gasteiger partial charge in [-0.3, -0.25) is 0 Å². The summed E-state index contributed by atoms with van der Waals surface area (Å²) < 4.78 is 0. The maximum atomic E-state index is 4.66. The van der Waals surface area contributed by atoms with Crippen molar-refractivity contribution >= 4 is 38.7 Å². The van der Waals surface area contributed by atoms with Crippen molar-refractivity contribution < 1.29 is 0 Å². The van der Waals surface area contributed by atoms with E-state index in [1.165, 1.54) is 16.0 Å². The Hall–Kier alpha value is -2.31. The number of aromatic nitrogens is 3. The van der Waals surface area contributed by atoms with Crippen LogP contribution < -0.4 is 5.32 Å². The van der Waals surface area contributed by atoms with Gasteiger partial charge in [-0.1, -0.05) is 30.3 Å². The predicted molar refractivity (Wildman–Crippen MR) is 102 cm³/mol. The summed E-state index contributed by atoms with van der Waals surface area (Å²) in [5.41, 5.74) is 5.32. The zero-order valence-electron chi connectivity index (χ0n) is 13.4. The van der Waals surface area contributed by atoms with E-state index in [2.05, 4.69) is 49.9 Å². The second-order valence-corrected chi connectivity index (χ2v) is 7.33. The van der Waals surface area contributed by atoms with Gasteiger partial charge in [-0.2, -0.15) is 0 Å². The van der Waals surface area contributed by atoms with E-state index in [0.717, 1.165) is 34.1 Å². The van der Waals surface area contributed by atoms with Crippen LogP contribution in [0.2, 0.25) is 0 Å². The van der Waals surface area contributed by atoms with Crippen LogP contribution in [0.15, 0.2) is 41.2 Å². The minimum atomic E-state index is 0.728. The third-order valence-electron chi connectivity index (χ3n) is 3.89. The Bertz CT molecular complexity index is 989. The Morgan fingerprint density at radius 3 is 2.62 bits per heavy atom. The van der Waals surface area contributed by atoms with Crippen LogP contribution in [0.4, 0.5) is 5.82 Å². The molecule has 1 N–H and O–H groups in total. The summed E-state index contributed by atoms with van der Waals surface area (Å²) in [6, 6.07) is 10.4. The summed E-state index contributed by atoms with van der Waals surface area (Å²) in [6.07, 6.45) is 0. The second kappa shape index (κ2) is 6.30. The highest BCUT2D eigenvalue weighted by atomic mass is 32.1. The van der Waals surface area contributed by atoms with Crippen LogP contribution in [-0.2, 0) is 6.54 Å². The van der Waals surface area contributed by atoms with E-state index < -0.39 is 0 Å². The number of nitrogens with zero attached hydrogens (tertiary/aromatic N) is 3. The lowest BCUT2D eigenvalue weighted by Gasteiger charge is -2.09. The Balaban J connectivity index is 1.79. The highest BCUT2D eigenvalue weighted by molar-refractivity contribution is 7.17. The number of anilines is 1. The van der Waals surface area contributed by atoms with Crippen molar-refractivity contribution in [2.45, 2.75) is 20.4 Å². The van der Waals surface area contributed by atoms with Crippen molar-refractivity contribution in [2.24, 2.45) is 0 Å². The maximum Gasteiger partial charge on any atom is 0.139 e. The topological polar surface area (TPSA) is 50.7 Å². The van der Waals surface area contributed by atoms with Crippen LogP contribution in [0.1, 0.15) is 16.4 Å². The van der Waals surface area contributed by atoms with Crippen LogP contribution in [-0.4, -0.2) is 15.0 Å². The van der Waals surface area contributed by atoms with E-state index in [1.807, 2.05) is 25.4 Å². The fourth-order valence-electron chi connectivity index (χ4n) is 2.67. The van der Waals surface area contributed by atoms with Crippen molar-refractivity contribution in [1.82, 2.24) is 15.0 Å². The number of fused-ring (bicyclic) bond motifs is 1. The smallest absolute Gasteiger partial charge is 0.139 e. The molecule has 120 valence electrons. The molecule has 3 aromatic heterocycles. The number of thiophene rings is 1. The van der Waals surface area contributed by atoms with Crippen molar-refractivity contribution in [3.8, 4) is 11.1 Å². The lowest BCUT2D eigenvalue weighted by Crippen LogP contribution is -2.03. The molecule has 0 fully saturated rings. The van der Waals surface area contributed by atoms with E-state index in [-0.39, 0.29) is 0 Å². The molecule has 0 unspecified atom stereocenters. The largest absolute Gasteiger partial charge is 0.364 e. The molecular weight excluding hydrogens is 336 g/mol. The number of aryl methyl sites for hydroxylation is 2. The summed E-state index contributed by atoms with van der Waals surface area (Å²) in [5, 5.41) is 6.75. The molecule has 24 heavy (non-hydrogen) atoms. The van der Waals surface area contributed by atoms with Gasteiger partial charge < -0.3 is 5.32 Å². The summed E-state index contributed by atoms with van der Waals surface area (Å²) in [4.78, 5) is 15.8. The number of thiazole rings is 1. The molecule has 0 aliphatic heterocycles. The third-order valence-corrected chi connectivity index (χ3v) is 5.70. The molecule has 1 aromatic carbocycles. The Labute approximate surface area is 148 Å². The summed E-state index contributed by atoms with van der Waals surface area (Å²) in [5.74, 6) is 1.68. The monoisotopic (exact) mass is 352 g/mol.